The minimum absolute atomic E-state index is 0.165. The molecule has 2 saturated heterocycles. The smallest absolute Gasteiger partial charge is 0.269 e. The minimum Gasteiger partial charge on any atom is -0.364 e. The van der Waals surface area contributed by atoms with Crippen LogP contribution in [0.15, 0.2) is 30.6 Å². The van der Waals surface area contributed by atoms with E-state index in [0.717, 1.165) is 24.8 Å². The highest BCUT2D eigenvalue weighted by molar-refractivity contribution is 5.96. The zero-order valence-electron chi connectivity index (χ0n) is 15.0. The van der Waals surface area contributed by atoms with Crippen molar-refractivity contribution in [2.45, 2.75) is 12.8 Å². The summed E-state index contributed by atoms with van der Waals surface area (Å²) in [5, 5.41) is 0. The molecule has 0 aliphatic carbocycles. The third kappa shape index (κ3) is 3.26. The molecule has 136 valence electrons. The Balaban J connectivity index is 1.52. The van der Waals surface area contributed by atoms with Crippen LogP contribution in [0.2, 0.25) is 0 Å². The zero-order chi connectivity index (χ0) is 18.1. The lowest BCUT2D eigenvalue weighted by Crippen LogP contribution is -2.53. The van der Waals surface area contributed by atoms with Crippen molar-refractivity contribution in [3.8, 4) is 11.4 Å². The molecule has 2 fully saturated rings. The van der Waals surface area contributed by atoms with Crippen molar-refractivity contribution >= 4 is 11.7 Å². The maximum absolute atomic E-state index is 11.7. The van der Waals surface area contributed by atoms with Crippen LogP contribution in [0.5, 0.6) is 0 Å². The number of pyridine rings is 1. The Morgan fingerprint density at radius 3 is 2.73 bits per heavy atom. The number of carbonyl (C=O) groups is 1. The van der Waals surface area contributed by atoms with Crippen LogP contribution in [0, 0.1) is 11.8 Å². The molecular formula is C19H24N6O. The number of piperidine rings is 1. The second kappa shape index (κ2) is 6.99. The Kier molecular flexibility index (Phi) is 4.55. The fourth-order valence-corrected chi connectivity index (χ4v) is 3.98. The third-order valence-electron chi connectivity index (χ3n) is 5.46. The quantitative estimate of drug-likeness (QED) is 0.895. The SMILES string of the molecule is CN1CCCC(C2CN(c3cnc(C(N)=O)c(-c4ccccn4)n3)C2)C1. The molecule has 2 aliphatic rings. The molecule has 0 bridgehead atoms. The van der Waals surface area contributed by atoms with Crippen LogP contribution in [0.4, 0.5) is 5.82 Å². The molecule has 1 amide bonds. The van der Waals surface area contributed by atoms with E-state index >= 15 is 0 Å². The molecule has 2 aliphatic heterocycles. The molecule has 1 atom stereocenters. The average molecular weight is 352 g/mol. The molecule has 0 radical (unpaired) electrons. The largest absolute Gasteiger partial charge is 0.364 e. The van der Waals surface area contributed by atoms with E-state index in [1.807, 2.05) is 18.2 Å². The van der Waals surface area contributed by atoms with Gasteiger partial charge in [-0.05, 0) is 50.4 Å². The van der Waals surface area contributed by atoms with E-state index < -0.39 is 5.91 Å². The molecule has 26 heavy (non-hydrogen) atoms. The van der Waals surface area contributed by atoms with Gasteiger partial charge >= 0.3 is 0 Å². The van der Waals surface area contributed by atoms with Gasteiger partial charge in [-0.2, -0.15) is 0 Å². The maximum Gasteiger partial charge on any atom is 0.269 e. The molecule has 4 rings (SSSR count). The fourth-order valence-electron chi connectivity index (χ4n) is 3.98. The van der Waals surface area contributed by atoms with Crippen molar-refractivity contribution in [2.75, 3.05) is 38.1 Å². The van der Waals surface area contributed by atoms with E-state index in [0.29, 0.717) is 17.3 Å². The van der Waals surface area contributed by atoms with Crippen molar-refractivity contribution in [1.29, 1.82) is 0 Å². The lowest BCUT2D eigenvalue weighted by Gasteiger charge is -2.46. The fraction of sp³-hybridized carbons (Fsp3) is 0.474. The first-order chi connectivity index (χ1) is 12.6. The first kappa shape index (κ1) is 16.9. The van der Waals surface area contributed by atoms with Crippen molar-refractivity contribution in [3.05, 3.63) is 36.3 Å². The summed E-state index contributed by atoms with van der Waals surface area (Å²) >= 11 is 0. The number of primary amides is 1. The topological polar surface area (TPSA) is 88.2 Å². The molecule has 2 N–H and O–H groups in total. The monoisotopic (exact) mass is 352 g/mol. The summed E-state index contributed by atoms with van der Waals surface area (Å²) in [7, 11) is 2.20. The number of nitrogens with two attached hydrogens (primary N) is 1. The van der Waals surface area contributed by atoms with Crippen LogP contribution in [-0.2, 0) is 0 Å². The van der Waals surface area contributed by atoms with Gasteiger partial charge in [-0.1, -0.05) is 6.07 Å². The van der Waals surface area contributed by atoms with E-state index in [1.54, 1.807) is 12.4 Å². The van der Waals surface area contributed by atoms with Gasteiger partial charge in [0.1, 0.15) is 11.5 Å². The Hall–Kier alpha value is -2.54. The number of anilines is 1. The van der Waals surface area contributed by atoms with Crippen LogP contribution >= 0.6 is 0 Å². The second-order valence-electron chi connectivity index (χ2n) is 7.33. The van der Waals surface area contributed by atoms with Crippen molar-refractivity contribution in [1.82, 2.24) is 19.9 Å². The number of rotatable bonds is 4. The molecule has 0 aromatic carbocycles. The molecule has 0 saturated carbocycles. The summed E-state index contributed by atoms with van der Waals surface area (Å²) in [4.78, 5) is 29.6. The van der Waals surface area contributed by atoms with E-state index in [4.69, 9.17) is 5.73 Å². The van der Waals surface area contributed by atoms with Gasteiger partial charge in [0, 0.05) is 25.8 Å². The van der Waals surface area contributed by atoms with E-state index in [2.05, 4.69) is 31.8 Å². The number of nitrogens with zero attached hydrogens (tertiary/aromatic N) is 5. The minimum atomic E-state index is -0.587. The number of hydrogen-bond donors (Lipinski definition) is 1. The Bertz CT molecular complexity index is 790. The summed E-state index contributed by atoms with van der Waals surface area (Å²) in [6.45, 7) is 4.37. The molecule has 7 heteroatoms. The van der Waals surface area contributed by atoms with Gasteiger partial charge in [0.05, 0.1) is 11.9 Å². The highest BCUT2D eigenvalue weighted by atomic mass is 16.1. The van der Waals surface area contributed by atoms with Crippen molar-refractivity contribution < 1.29 is 4.79 Å². The molecule has 4 heterocycles. The summed E-state index contributed by atoms with van der Waals surface area (Å²) in [6.07, 6.45) is 5.92. The highest BCUT2D eigenvalue weighted by Gasteiger charge is 2.36. The van der Waals surface area contributed by atoms with E-state index in [-0.39, 0.29) is 5.69 Å². The summed E-state index contributed by atoms with van der Waals surface area (Å²) < 4.78 is 0. The Labute approximate surface area is 153 Å². The zero-order valence-corrected chi connectivity index (χ0v) is 15.0. The predicted molar refractivity (Wildman–Crippen MR) is 99.7 cm³/mol. The van der Waals surface area contributed by atoms with Crippen LogP contribution in [0.3, 0.4) is 0 Å². The van der Waals surface area contributed by atoms with Crippen LogP contribution < -0.4 is 10.6 Å². The lowest BCUT2D eigenvalue weighted by atomic mass is 9.81. The summed E-state index contributed by atoms with van der Waals surface area (Å²) in [6, 6.07) is 5.50. The number of hydrogen-bond acceptors (Lipinski definition) is 6. The Morgan fingerprint density at radius 2 is 2.04 bits per heavy atom. The van der Waals surface area contributed by atoms with Gasteiger partial charge in [0.2, 0.25) is 0 Å². The summed E-state index contributed by atoms with van der Waals surface area (Å²) in [5.74, 6) is 1.67. The number of aromatic nitrogens is 3. The number of carbonyl (C=O) groups excluding carboxylic acids is 1. The van der Waals surface area contributed by atoms with Crippen molar-refractivity contribution in [2.24, 2.45) is 17.6 Å². The normalized spacial score (nSPS) is 21.4. The maximum atomic E-state index is 11.7. The molecule has 1 unspecified atom stereocenters. The lowest BCUT2D eigenvalue weighted by molar-refractivity contribution is 0.0996. The predicted octanol–water partition coefficient (Wildman–Crippen LogP) is 1.42. The molecule has 7 nitrogen and oxygen atoms in total. The first-order valence-corrected chi connectivity index (χ1v) is 9.13. The van der Waals surface area contributed by atoms with E-state index in [1.165, 1.54) is 25.9 Å². The van der Waals surface area contributed by atoms with Gasteiger partial charge in [0.15, 0.2) is 5.69 Å². The van der Waals surface area contributed by atoms with Gasteiger partial charge in [-0.25, -0.2) is 9.97 Å². The van der Waals surface area contributed by atoms with Crippen molar-refractivity contribution in [3.63, 3.8) is 0 Å². The van der Waals surface area contributed by atoms with Gasteiger partial charge < -0.3 is 15.5 Å². The second-order valence-corrected chi connectivity index (χ2v) is 7.33. The van der Waals surface area contributed by atoms with E-state index in [9.17, 15) is 4.79 Å². The third-order valence-corrected chi connectivity index (χ3v) is 5.46. The first-order valence-electron chi connectivity index (χ1n) is 9.13. The van der Waals surface area contributed by atoms with Gasteiger partial charge in [-0.3, -0.25) is 9.78 Å². The van der Waals surface area contributed by atoms with Crippen LogP contribution in [0.1, 0.15) is 23.3 Å². The van der Waals surface area contributed by atoms with Gasteiger partial charge in [-0.15, -0.1) is 0 Å². The van der Waals surface area contributed by atoms with Crippen LogP contribution in [-0.4, -0.2) is 59.0 Å². The Morgan fingerprint density at radius 1 is 1.19 bits per heavy atom. The summed E-state index contributed by atoms with van der Waals surface area (Å²) in [5.41, 5.74) is 6.70. The molecule has 2 aromatic heterocycles. The molecule has 2 aromatic rings. The molecule has 0 spiro atoms. The highest BCUT2D eigenvalue weighted by Crippen LogP contribution is 2.33. The average Bonchev–Trinajstić information content (AvgIpc) is 2.61. The number of amides is 1. The van der Waals surface area contributed by atoms with Gasteiger partial charge in [0.25, 0.3) is 5.91 Å². The molecular weight excluding hydrogens is 328 g/mol. The number of likely N-dealkylation sites (tertiary alicyclic amines) is 1. The van der Waals surface area contributed by atoms with Crippen LogP contribution in [0.25, 0.3) is 11.4 Å². The standard InChI is InChI=1S/C19H24N6O/c1-24-8-4-5-13(10-24)14-11-25(12-14)16-9-22-18(19(20)26)17(23-16)15-6-2-3-7-21-15/h2-3,6-7,9,13-14H,4-5,8,10-12H2,1H3,(H2,20,26).